The molecule has 0 radical (unpaired) electrons. The largest absolute Gasteiger partial charge is 0.354 e. The Hall–Kier alpha value is -2.51. The molecule has 0 saturated heterocycles. The molecule has 0 aliphatic carbocycles. The summed E-state index contributed by atoms with van der Waals surface area (Å²) in [5.41, 5.74) is 2.41. The fraction of sp³-hybridized carbons (Fsp3) is 0.476. The maximum Gasteiger partial charge on any atom is 0.287 e. The number of ether oxygens (including phenoxy) is 2. The number of aromatic nitrogens is 2. The van der Waals surface area contributed by atoms with E-state index in [9.17, 15) is 4.79 Å². The first kappa shape index (κ1) is 20.2. The highest BCUT2D eigenvalue weighted by atomic mass is 16.7. The summed E-state index contributed by atoms with van der Waals surface area (Å²) in [7, 11) is 0. The SMILES string of the molecule is CCNc1nc2c(c(-c3ccccc3)n1)C(OCC)(OCC)N(C(C)C)C2=O. The standard InChI is InChI=1S/C21H28N4O3/c1-6-22-20-23-17(15-12-10-9-11-13-15)16-18(24-20)19(26)25(14(4)5)21(16,27-7-2)28-8-3/h9-14H,6-8H2,1-5H3,(H,22,23,24). The van der Waals surface area contributed by atoms with Crippen LogP contribution in [0, 0.1) is 0 Å². The molecule has 1 aromatic carbocycles. The smallest absolute Gasteiger partial charge is 0.287 e. The van der Waals surface area contributed by atoms with Gasteiger partial charge in [0.15, 0.2) is 0 Å². The maximum absolute atomic E-state index is 13.4. The fourth-order valence-corrected chi connectivity index (χ4v) is 3.62. The Labute approximate surface area is 166 Å². The lowest BCUT2D eigenvalue weighted by atomic mass is 10.0. The Morgan fingerprint density at radius 2 is 1.64 bits per heavy atom. The van der Waals surface area contributed by atoms with Crippen molar-refractivity contribution in [3.63, 3.8) is 0 Å². The minimum atomic E-state index is -1.35. The first-order valence-corrected chi connectivity index (χ1v) is 9.83. The van der Waals surface area contributed by atoms with Crippen molar-refractivity contribution >= 4 is 11.9 Å². The number of benzene rings is 1. The van der Waals surface area contributed by atoms with Crippen LogP contribution in [0.3, 0.4) is 0 Å². The van der Waals surface area contributed by atoms with Gasteiger partial charge in [0.05, 0.1) is 11.3 Å². The summed E-state index contributed by atoms with van der Waals surface area (Å²) in [4.78, 5) is 24.3. The van der Waals surface area contributed by atoms with E-state index in [1.54, 1.807) is 4.90 Å². The summed E-state index contributed by atoms with van der Waals surface area (Å²) in [5.74, 6) is -1.15. The molecule has 2 aromatic rings. The van der Waals surface area contributed by atoms with Crippen molar-refractivity contribution in [3.05, 3.63) is 41.6 Å². The van der Waals surface area contributed by atoms with Crippen molar-refractivity contribution in [2.24, 2.45) is 0 Å². The van der Waals surface area contributed by atoms with E-state index in [1.807, 2.05) is 65.0 Å². The van der Waals surface area contributed by atoms with E-state index in [0.29, 0.717) is 42.7 Å². The van der Waals surface area contributed by atoms with E-state index < -0.39 is 5.91 Å². The summed E-state index contributed by atoms with van der Waals surface area (Å²) in [5, 5.41) is 3.13. The number of carbonyl (C=O) groups is 1. The van der Waals surface area contributed by atoms with Gasteiger partial charge < -0.3 is 14.8 Å². The van der Waals surface area contributed by atoms with Crippen molar-refractivity contribution in [1.29, 1.82) is 0 Å². The molecule has 1 amide bonds. The molecule has 1 N–H and O–H groups in total. The van der Waals surface area contributed by atoms with Gasteiger partial charge in [0.2, 0.25) is 5.95 Å². The second-order valence-electron chi connectivity index (χ2n) is 6.73. The molecular weight excluding hydrogens is 356 g/mol. The summed E-state index contributed by atoms with van der Waals surface area (Å²) in [6.07, 6.45) is 0. The molecule has 0 unspecified atom stereocenters. The second kappa shape index (κ2) is 8.24. The molecule has 0 bridgehead atoms. The van der Waals surface area contributed by atoms with Gasteiger partial charge in [-0.1, -0.05) is 30.3 Å². The van der Waals surface area contributed by atoms with Crippen LogP contribution in [0.5, 0.6) is 0 Å². The molecule has 1 aromatic heterocycles. The van der Waals surface area contributed by atoms with Crippen molar-refractivity contribution in [1.82, 2.24) is 14.9 Å². The number of nitrogens with zero attached hydrogens (tertiary/aromatic N) is 3. The third-order valence-corrected chi connectivity index (χ3v) is 4.54. The van der Waals surface area contributed by atoms with Crippen LogP contribution in [-0.2, 0) is 15.4 Å². The molecular formula is C21H28N4O3. The van der Waals surface area contributed by atoms with E-state index in [0.717, 1.165) is 5.56 Å². The van der Waals surface area contributed by atoms with Crippen LogP contribution in [0.15, 0.2) is 30.3 Å². The molecule has 0 saturated carbocycles. The summed E-state index contributed by atoms with van der Waals surface area (Å²) in [6, 6.07) is 9.60. The zero-order valence-corrected chi connectivity index (χ0v) is 17.2. The molecule has 1 aliphatic rings. The number of hydrogen-bond acceptors (Lipinski definition) is 6. The van der Waals surface area contributed by atoms with Gasteiger partial charge in [0, 0.05) is 31.4 Å². The Morgan fingerprint density at radius 1 is 1.04 bits per heavy atom. The number of anilines is 1. The van der Waals surface area contributed by atoms with Gasteiger partial charge in [-0.2, -0.15) is 0 Å². The van der Waals surface area contributed by atoms with E-state index in [4.69, 9.17) is 14.5 Å². The molecule has 7 heteroatoms. The normalized spacial score (nSPS) is 15.2. The van der Waals surface area contributed by atoms with E-state index >= 15 is 0 Å². The van der Waals surface area contributed by atoms with E-state index in [2.05, 4.69) is 10.3 Å². The number of carbonyl (C=O) groups excluding carboxylic acids is 1. The zero-order chi connectivity index (χ0) is 20.3. The minimum Gasteiger partial charge on any atom is -0.354 e. The third kappa shape index (κ3) is 3.25. The van der Waals surface area contributed by atoms with Gasteiger partial charge in [-0.25, -0.2) is 9.97 Å². The first-order valence-electron chi connectivity index (χ1n) is 9.83. The molecule has 28 heavy (non-hydrogen) atoms. The Kier molecular flexibility index (Phi) is 5.96. The van der Waals surface area contributed by atoms with Gasteiger partial charge in [0.25, 0.3) is 11.8 Å². The van der Waals surface area contributed by atoms with Crippen LogP contribution in [0.1, 0.15) is 50.7 Å². The summed E-state index contributed by atoms with van der Waals surface area (Å²) in [6.45, 7) is 11.0. The fourth-order valence-electron chi connectivity index (χ4n) is 3.62. The number of rotatable bonds is 8. The van der Waals surface area contributed by atoms with Gasteiger partial charge in [0.1, 0.15) is 5.69 Å². The molecule has 0 fully saturated rings. The molecule has 3 rings (SSSR count). The maximum atomic E-state index is 13.4. The van der Waals surface area contributed by atoms with Crippen LogP contribution < -0.4 is 5.32 Å². The van der Waals surface area contributed by atoms with Crippen LogP contribution >= 0.6 is 0 Å². The van der Waals surface area contributed by atoms with Crippen molar-refractivity contribution < 1.29 is 14.3 Å². The van der Waals surface area contributed by atoms with Gasteiger partial charge in [-0.3, -0.25) is 9.69 Å². The molecule has 2 heterocycles. The number of amides is 1. The summed E-state index contributed by atoms with van der Waals surface area (Å²) >= 11 is 0. The predicted octanol–water partition coefficient (Wildman–Crippen LogP) is 3.62. The highest BCUT2D eigenvalue weighted by molar-refractivity contribution is 6.00. The van der Waals surface area contributed by atoms with Gasteiger partial charge in [-0.15, -0.1) is 0 Å². The lowest BCUT2D eigenvalue weighted by Gasteiger charge is -2.40. The Bertz CT molecular complexity index is 833. The monoisotopic (exact) mass is 384 g/mol. The van der Waals surface area contributed by atoms with Gasteiger partial charge in [-0.05, 0) is 34.6 Å². The van der Waals surface area contributed by atoms with E-state index in [1.165, 1.54) is 0 Å². The molecule has 0 atom stereocenters. The van der Waals surface area contributed by atoms with Crippen LogP contribution in [-0.4, -0.2) is 46.6 Å². The van der Waals surface area contributed by atoms with Crippen LogP contribution in [0.25, 0.3) is 11.3 Å². The third-order valence-electron chi connectivity index (χ3n) is 4.54. The average Bonchev–Trinajstić information content (AvgIpc) is 2.91. The molecule has 7 nitrogen and oxygen atoms in total. The average molecular weight is 384 g/mol. The number of hydrogen-bond donors (Lipinski definition) is 1. The first-order chi connectivity index (χ1) is 13.5. The number of nitrogens with one attached hydrogen (secondary N) is 1. The van der Waals surface area contributed by atoms with Crippen molar-refractivity contribution in [2.75, 3.05) is 25.1 Å². The number of fused-ring (bicyclic) bond motifs is 1. The Morgan fingerprint density at radius 3 is 2.18 bits per heavy atom. The highest BCUT2D eigenvalue weighted by Crippen LogP contribution is 2.46. The van der Waals surface area contributed by atoms with Crippen LogP contribution in [0.4, 0.5) is 5.95 Å². The van der Waals surface area contributed by atoms with Crippen molar-refractivity contribution in [3.8, 4) is 11.3 Å². The zero-order valence-electron chi connectivity index (χ0n) is 17.2. The molecule has 150 valence electrons. The minimum absolute atomic E-state index is 0.147. The van der Waals surface area contributed by atoms with Gasteiger partial charge >= 0.3 is 0 Å². The lowest BCUT2D eigenvalue weighted by Crippen LogP contribution is -2.51. The lowest BCUT2D eigenvalue weighted by molar-refractivity contribution is -0.311. The Balaban J connectivity index is 2.36. The van der Waals surface area contributed by atoms with E-state index in [-0.39, 0.29) is 11.9 Å². The summed E-state index contributed by atoms with van der Waals surface area (Å²) < 4.78 is 12.3. The molecule has 1 aliphatic heterocycles. The predicted molar refractivity (Wildman–Crippen MR) is 108 cm³/mol. The van der Waals surface area contributed by atoms with Crippen molar-refractivity contribution in [2.45, 2.75) is 46.6 Å². The molecule has 0 spiro atoms. The van der Waals surface area contributed by atoms with Crippen LogP contribution in [0.2, 0.25) is 0 Å². The topological polar surface area (TPSA) is 76.6 Å². The highest BCUT2D eigenvalue weighted by Gasteiger charge is 2.56. The quantitative estimate of drug-likeness (QED) is 0.701. The second-order valence-corrected chi connectivity index (χ2v) is 6.73.